The number of rotatable bonds is 5. The maximum Gasteiger partial charge on any atom is 0.310 e. The van der Waals surface area contributed by atoms with Crippen molar-refractivity contribution in [2.75, 3.05) is 0 Å². The fourth-order valence-corrected chi connectivity index (χ4v) is 1.78. The third-order valence-electron chi connectivity index (χ3n) is 2.89. The lowest BCUT2D eigenvalue weighted by Gasteiger charge is -2.09. The van der Waals surface area contributed by atoms with Gasteiger partial charge >= 0.3 is 5.69 Å². The predicted octanol–water partition coefficient (Wildman–Crippen LogP) is 4.21. The van der Waals surface area contributed by atoms with Crippen molar-refractivity contribution < 1.29 is 9.66 Å². The molecule has 2 rings (SSSR count). The Morgan fingerprint density at radius 2 is 1.95 bits per heavy atom. The van der Waals surface area contributed by atoms with E-state index < -0.39 is 4.92 Å². The molecule has 0 spiro atoms. The highest BCUT2D eigenvalue weighted by molar-refractivity contribution is 5.65. The molecule has 0 aromatic heterocycles. The number of benzene rings is 2. The van der Waals surface area contributed by atoms with Crippen LogP contribution in [-0.2, 0) is 6.61 Å². The van der Waals surface area contributed by atoms with Crippen molar-refractivity contribution in [3.8, 4) is 5.75 Å². The molecule has 0 unspecified atom stereocenters. The SMILES string of the molecule is C=C(C)c1ccc([N+](=O)[O-])c(OCc2ccccc2)c1. The van der Waals surface area contributed by atoms with Crippen LogP contribution in [0.4, 0.5) is 5.69 Å². The second-order valence-electron chi connectivity index (χ2n) is 4.49. The Bertz CT molecular complexity index is 635. The second kappa shape index (κ2) is 6.02. The summed E-state index contributed by atoms with van der Waals surface area (Å²) in [6.45, 7) is 5.98. The molecule has 0 fully saturated rings. The molecule has 2 aromatic rings. The van der Waals surface area contributed by atoms with Crippen molar-refractivity contribution in [3.05, 3.63) is 76.4 Å². The van der Waals surface area contributed by atoms with Gasteiger partial charge in [0, 0.05) is 6.07 Å². The molecule has 0 heterocycles. The van der Waals surface area contributed by atoms with Crippen LogP contribution in [0.2, 0.25) is 0 Å². The number of nitro groups is 1. The van der Waals surface area contributed by atoms with Gasteiger partial charge in [0.1, 0.15) is 6.61 Å². The van der Waals surface area contributed by atoms with Crippen molar-refractivity contribution >= 4 is 11.3 Å². The predicted molar refractivity (Wildman–Crippen MR) is 78.6 cm³/mol. The number of allylic oxidation sites excluding steroid dienone is 1. The monoisotopic (exact) mass is 269 g/mol. The molecule has 0 saturated carbocycles. The lowest BCUT2D eigenvalue weighted by atomic mass is 10.1. The molecular formula is C16H15NO3. The number of nitrogens with zero attached hydrogens (tertiary/aromatic N) is 1. The Kier molecular flexibility index (Phi) is 4.15. The summed E-state index contributed by atoms with van der Waals surface area (Å²) in [5.41, 5.74) is 2.59. The lowest BCUT2D eigenvalue weighted by Crippen LogP contribution is -1.99. The molecule has 2 aromatic carbocycles. The van der Waals surface area contributed by atoms with Crippen LogP contribution in [0.3, 0.4) is 0 Å². The average Bonchev–Trinajstić information content (AvgIpc) is 2.45. The first-order valence-corrected chi connectivity index (χ1v) is 6.19. The van der Waals surface area contributed by atoms with Gasteiger partial charge in [0.05, 0.1) is 4.92 Å². The van der Waals surface area contributed by atoms with Gasteiger partial charge in [0.15, 0.2) is 5.75 Å². The highest BCUT2D eigenvalue weighted by Gasteiger charge is 2.15. The Morgan fingerprint density at radius 3 is 2.55 bits per heavy atom. The quantitative estimate of drug-likeness (QED) is 0.603. The minimum absolute atomic E-state index is 0.0362. The summed E-state index contributed by atoms with van der Waals surface area (Å²) in [5.74, 6) is 0.263. The molecule has 0 radical (unpaired) electrons. The van der Waals surface area contributed by atoms with Gasteiger partial charge in [-0.2, -0.15) is 0 Å². The summed E-state index contributed by atoms with van der Waals surface area (Å²) in [7, 11) is 0. The van der Waals surface area contributed by atoms with Crippen LogP contribution in [0, 0.1) is 10.1 Å². The van der Waals surface area contributed by atoms with E-state index in [9.17, 15) is 10.1 Å². The topological polar surface area (TPSA) is 52.4 Å². The second-order valence-corrected chi connectivity index (χ2v) is 4.49. The van der Waals surface area contributed by atoms with Gasteiger partial charge < -0.3 is 4.74 Å². The van der Waals surface area contributed by atoms with E-state index in [1.54, 1.807) is 12.1 Å². The lowest BCUT2D eigenvalue weighted by molar-refractivity contribution is -0.385. The Labute approximate surface area is 117 Å². The van der Waals surface area contributed by atoms with Crippen LogP contribution in [0.1, 0.15) is 18.1 Å². The Balaban J connectivity index is 2.26. The highest BCUT2D eigenvalue weighted by Crippen LogP contribution is 2.30. The number of nitro benzene ring substituents is 1. The summed E-state index contributed by atoms with van der Waals surface area (Å²) in [5, 5.41) is 11.0. The van der Waals surface area contributed by atoms with E-state index in [1.807, 2.05) is 37.3 Å². The van der Waals surface area contributed by atoms with Gasteiger partial charge in [0.25, 0.3) is 0 Å². The van der Waals surface area contributed by atoms with E-state index in [0.717, 1.165) is 16.7 Å². The highest BCUT2D eigenvalue weighted by atomic mass is 16.6. The smallest absolute Gasteiger partial charge is 0.310 e. The first kappa shape index (κ1) is 13.8. The van der Waals surface area contributed by atoms with Crippen molar-refractivity contribution in [1.82, 2.24) is 0 Å². The maximum atomic E-state index is 11.0. The minimum atomic E-state index is -0.442. The van der Waals surface area contributed by atoms with E-state index >= 15 is 0 Å². The van der Waals surface area contributed by atoms with E-state index in [-0.39, 0.29) is 11.4 Å². The molecule has 0 aliphatic heterocycles. The van der Waals surface area contributed by atoms with E-state index in [2.05, 4.69) is 6.58 Å². The third-order valence-corrected chi connectivity index (χ3v) is 2.89. The van der Waals surface area contributed by atoms with Gasteiger partial charge in [-0.15, -0.1) is 0 Å². The Morgan fingerprint density at radius 1 is 1.25 bits per heavy atom. The normalized spacial score (nSPS) is 10.1. The maximum absolute atomic E-state index is 11.0. The molecule has 102 valence electrons. The molecule has 0 atom stereocenters. The van der Waals surface area contributed by atoms with Crippen LogP contribution in [0.25, 0.3) is 5.57 Å². The fraction of sp³-hybridized carbons (Fsp3) is 0.125. The van der Waals surface area contributed by atoms with E-state index in [4.69, 9.17) is 4.74 Å². The zero-order valence-corrected chi connectivity index (χ0v) is 11.2. The first-order valence-electron chi connectivity index (χ1n) is 6.19. The largest absolute Gasteiger partial charge is 0.482 e. The van der Waals surface area contributed by atoms with Crippen molar-refractivity contribution in [1.29, 1.82) is 0 Å². The van der Waals surface area contributed by atoms with Crippen LogP contribution >= 0.6 is 0 Å². The first-order chi connectivity index (χ1) is 9.58. The summed E-state index contributed by atoms with van der Waals surface area (Å²) < 4.78 is 5.59. The standard InChI is InChI=1S/C16H15NO3/c1-12(2)14-8-9-15(17(18)19)16(10-14)20-11-13-6-4-3-5-7-13/h3-10H,1,11H2,2H3. The van der Waals surface area contributed by atoms with E-state index in [1.165, 1.54) is 6.07 Å². The summed E-state index contributed by atoms with van der Waals surface area (Å²) in [6.07, 6.45) is 0. The molecule has 20 heavy (non-hydrogen) atoms. The molecular weight excluding hydrogens is 254 g/mol. The molecule has 0 saturated heterocycles. The number of hydrogen-bond acceptors (Lipinski definition) is 3. The molecule has 0 aliphatic carbocycles. The van der Waals surface area contributed by atoms with Crippen molar-refractivity contribution in [2.45, 2.75) is 13.5 Å². The molecule has 4 heteroatoms. The van der Waals surface area contributed by atoms with Crippen LogP contribution in [0.5, 0.6) is 5.75 Å². The molecule has 4 nitrogen and oxygen atoms in total. The molecule has 0 N–H and O–H groups in total. The molecule has 0 aliphatic rings. The van der Waals surface area contributed by atoms with Crippen LogP contribution in [0.15, 0.2) is 55.1 Å². The van der Waals surface area contributed by atoms with Crippen molar-refractivity contribution in [3.63, 3.8) is 0 Å². The molecule has 0 amide bonds. The zero-order valence-electron chi connectivity index (χ0n) is 11.2. The zero-order chi connectivity index (χ0) is 14.5. The van der Waals surface area contributed by atoms with E-state index in [0.29, 0.717) is 6.61 Å². The van der Waals surface area contributed by atoms with Gasteiger partial charge in [0.2, 0.25) is 0 Å². The number of hydrogen-bond donors (Lipinski definition) is 0. The number of ether oxygens (including phenoxy) is 1. The molecule has 0 bridgehead atoms. The third kappa shape index (κ3) is 3.23. The van der Waals surface area contributed by atoms with Gasteiger partial charge in [-0.05, 0) is 30.2 Å². The van der Waals surface area contributed by atoms with Gasteiger partial charge in [-0.25, -0.2) is 0 Å². The van der Waals surface area contributed by atoms with Crippen molar-refractivity contribution in [2.24, 2.45) is 0 Å². The summed E-state index contributed by atoms with van der Waals surface area (Å²) >= 11 is 0. The summed E-state index contributed by atoms with van der Waals surface area (Å²) in [4.78, 5) is 10.6. The Hall–Kier alpha value is -2.62. The minimum Gasteiger partial charge on any atom is -0.482 e. The fourth-order valence-electron chi connectivity index (χ4n) is 1.78. The van der Waals surface area contributed by atoms with Gasteiger partial charge in [-0.3, -0.25) is 10.1 Å². The van der Waals surface area contributed by atoms with Crippen LogP contribution in [-0.4, -0.2) is 4.92 Å². The summed E-state index contributed by atoms with van der Waals surface area (Å²) in [6, 6.07) is 14.3. The van der Waals surface area contributed by atoms with Gasteiger partial charge in [-0.1, -0.05) is 42.5 Å². The average molecular weight is 269 g/mol. The van der Waals surface area contributed by atoms with Crippen LogP contribution < -0.4 is 4.74 Å².